The lowest BCUT2D eigenvalue weighted by molar-refractivity contribution is -0.870. The molecule has 2 N–H and O–H groups in total. The zero-order valence-corrected chi connectivity index (χ0v) is 25.1. The summed E-state index contributed by atoms with van der Waals surface area (Å²) < 4.78 is 16.8. The molecule has 0 aliphatic carbocycles. The Balaban J connectivity index is 3.76. The summed E-state index contributed by atoms with van der Waals surface area (Å²) in [5, 5.41) is -0.343. The van der Waals surface area contributed by atoms with E-state index in [-0.39, 0.29) is 23.6 Å². The molecule has 0 saturated heterocycles. The molecule has 0 radical (unpaired) electrons. The molecule has 210 valence electrons. The first-order chi connectivity index (χ1) is 16.6. The predicted molar refractivity (Wildman–Crippen MR) is 149 cm³/mol. The van der Waals surface area contributed by atoms with Crippen molar-refractivity contribution in [1.29, 1.82) is 0 Å². The Bertz CT molecular complexity index is 505. The SMILES string of the molecule is CCCCCCCCCCCCCCCCOC[C@H](CO[P+](O)(O)OCC[N+](C)(C)C)SC(C)=O. The number of likely N-dealkylation sites (N-methyl/N-ethyl adjacent to an activating group) is 1. The Morgan fingerprint density at radius 2 is 1.26 bits per heavy atom. The van der Waals surface area contributed by atoms with Crippen molar-refractivity contribution >= 4 is 25.0 Å². The molecule has 0 rings (SSSR count). The number of thioether (sulfide) groups is 1. The zero-order chi connectivity index (χ0) is 26.4. The minimum absolute atomic E-state index is 0.00581. The molecule has 0 unspecified atom stereocenters. The van der Waals surface area contributed by atoms with Gasteiger partial charge in [-0.2, -0.15) is 14.3 Å². The molecule has 0 spiro atoms. The summed E-state index contributed by atoms with van der Waals surface area (Å²) in [5.74, 6) is 0. The van der Waals surface area contributed by atoms with Crippen molar-refractivity contribution in [3.05, 3.63) is 0 Å². The summed E-state index contributed by atoms with van der Waals surface area (Å²) in [6.07, 6.45) is 18.5. The smallest absolute Gasteiger partial charge is 0.380 e. The Morgan fingerprint density at radius 1 is 0.771 bits per heavy atom. The zero-order valence-electron chi connectivity index (χ0n) is 23.3. The van der Waals surface area contributed by atoms with Gasteiger partial charge in [0.1, 0.15) is 19.8 Å². The average Bonchev–Trinajstić information content (AvgIpc) is 2.75. The molecule has 0 bridgehead atoms. The van der Waals surface area contributed by atoms with Crippen LogP contribution < -0.4 is 0 Å². The molecule has 0 amide bonds. The van der Waals surface area contributed by atoms with Gasteiger partial charge in [-0.1, -0.05) is 102 Å². The topological polar surface area (TPSA) is 85.2 Å². The minimum atomic E-state index is -3.89. The van der Waals surface area contributed by atoms with Gasteiger partial charge in [-0.05, 0) is 6.42 Å². The Hall–Kier alpha value is 0.210. The lowest BCUT2D eigenvalue weighted by Gasteiger charge is -2.23. The standard InChI is InChI=1S/C26H56NO6PS/c1-6-7-8-9-10-11-12-13-14-15-16-17-18-19-21-31-23-26(35-25(2)28)24-33-34(29,30)32-22-20-27(3,4)5/h26,29-30H,6-24H2,1-5H3/q+2/t26-/m1/s1. The van der Waals surface area contributed by atoms with Gasteiger partial charge in [0.15, 0.2) is 5.12 Å². The molecule has 1 atom stereocenters. The first kappa shape index (κ1) is 35.2. The number of unbranched alkanes of at least 4 members (excludes halogenated alkanes) is 13. The lowest BCUT2D eigenvalue weighted by atomic mass is 10.0. The van der Waals surface area contributed by atoms with Crippen molar-refractivity contribution < 1.29 is 32.8 Å². The van der Waals surface area contributed by atoms with Gasteiger partial charge in [-0.3, -0.25) is 4.79 Å². The summed E-state index contributed by atoms with van der Waals surface area (Å²) in [5.41, 5.74) is 0. The molecule has 0 saturated carbocycles. The van der Waals surface area contributed by atoms with Gasteiger partial charge in [0.2, 0.25) is 0 Å². The van der Waals surface area contributed by atoms with E-state index in [9.17, 15) is 14.6 Å². The molecule has 0 aromatic rings. The highest BCUT2D eigenvalue weighted by Gasteiger charge is 2.41. The molecular weight excluding hydrogens is 485 g/mol. The molecule has 35 heavy (non-hydrogen) atoms. The average molecular weight is 542 g/mol. The second-order valence-corrected chi connectivity index (χ2v) is 13.5. The van der Waals surface area contributed by atoms with Crippen molar-refractivity contribution in [3.8, 4) is 0 Å². The third-order valence-corrected chi connectivity index (χ3v) is 7.67. The van der Waals surface area contributed by atoms with E-state index in [4.69, 9.17) is 13.8 Å². The van der Waals surface area contributed by atoms with E-state index in [1.165, 1.54) is 84.0 Å². The fourth-order valence-electron chi connectivity index (χ4n) is 3.62. The largest absolute Gasteiger partial charge is 0.570 e. The second-order valence-electron chi connectivity index (χ2n) is 10.5. The highest BCUT2D eigenvalue weighted by atomic mass is 32.2. The number of ether oxygens (including phenoxy) is 1. The fraction of sp³-hybridized carbons (Fsp3) is 0.962. The maximum absolute atomic E-state index is 11.5. The van der Waals surface area contributed by atoms with E-state index in [0.717, 1.165) is 24.6 Å². The third-order valence-electron chi connectivity index (χ3n) is 5.73. The maximum Gasteiger partial charge on any atom is 0.570 e. The van der Waals surface area contributed by atoms with Crippen LogP contribution in [0.15, 0.2) is 0 Å². The van der Waals surface area contributed by atoms with Crippen LogP contribution in [0.3, 0.4) is 0 Å². The van der Waals surface area contributed by atoms with Gasteiger partial charge in [0, 0.05) is 13.5 Å². The second kappa shape index (κ2) is 22.2. The highest BCUT2D eigenvalue weighted by Crippen LogP contribution is 2.52. The number of carbonyl (C=O) groups is 1. The predicted octanol–water partition coefficient (Wildman–Crippen LogP) is 6.53. The number of carbonyl (C=O) groups excluding carboxylic acids is 1. The molecule has 7 nitrogen and oxygen atoms in total. The van der Waals surface area contributed by atoms with E-state index in [0.29, 0.717) is 24.2 Å². The van der Waals surface area contributed by atoms with Crippen LogP contribution in [0.5, 0.6) is 0 Å². The van der Waals surface area contributed by atoms with Gasteiger partial charge in [0.05, 0.1) is 33.0 Å². The molecule has 0 heterocycles. The van der Waals surface area contributed by atoms with Crippen LogP contribution >= 0.6 is 19.9 Å². The van der Waals surface area contributed by atoms with Crippen LogP contribution in [0.25, 0.3) is 0 Å². The molecule has 0 aromatic heterocycles. The van der Waals surface area contributed by atoms with Crippen molar-refractivity contribution in [3.63, 3.8) is 0 Å². The molecule has 0 fully saturated rings. The highest BCUT2D eigenvalue weighted by molar-refractivity contribution is 8.14. The van der Waals surface area contributed by atoms with Crippen molar-refractivity contribution in [1.82, 2.24) is 0 Å². The van der Waals surface area contributed by atoms with Crippen molar-refractivity contribution in [2.75, 3.05) is 54.1 Å². The van der Waals surface area contributed by atoms with Gasteiger partial charge in [-0.15, -0.1) is 4.52 Å². The summed E-state index contributed by atoms with van der Waals surface area (Å²) in [6, 6.07) is 0. The van der Waals surface area contributed by atoms with E-state index < -0.39 is 8.17 Å². The van der Waals surface area contributed by atoms with E-state index in [1.807, 2.05) is 21.1 Å². The maximum atomic E-state index is 11.5. The van der Waals surface area contributed by atoms with Crippen LogP contribution in [-0.4, -0.2) is 78.8 Å². The third kappa shape index (κ3) is 27.1. The van der Waals surface area contributed by atoms with Gasteiger partial charge in [0.25, 0.3) is 0 Å². The summed E-state index contributed by atoms with van der Waals surface area (Å²) in [6.45, 7) is 5.54. The number of quaternary nitrogens is 1. The first-order valence-electron chi connectivity index (χ1n) is 13.7. The van der Waals surface area contributed by atoms with Gasteiger partial charge >= 0.3 is 8.17 Å². The number of rotatable bonds is 25. The Labute approximate surface area is 220 Å². The Morgan fingerprint density at radius 3 is 1.71 bits per heavy atom. The lowest BCUT2D eigenvalue weighted by Crippen LogP contribution is -2.37. The van der Waals surface area contributed by atoms with E-state index in [1.54, 1.807) is 0 Å². The van der Waals surface area contributed by atoms with E-state index in [2.05, 4.69) is 6.92 Å². The van der Waals surface area contributed by atoms with Crippen LogP contribution in [0.1, 0.15) is 104 Å². The van der Waals surface area contributed by atoms with Gasteiger partial charge < -0.3 is 9.22 Å². The van der Waals surface area contributed by atoms with Crippen LogP contribution in [0, 0.1) is 0 Å². The van der Waals surface area contributed by atoms with Gasteiger partial charge in [-0.25, -0.2) is 0 Å². The first-order valence-corrected chi connectivity index (χ1v) is 16.2. The normalized spacial score (nSPS) is 13.3. The molecular formula is C26H56NO6PS+2. The Kier molecular flexibility index (Phi) is 22.4. The molecule has 0 aromatic carbocycles. The monoisotopic (exact) mass is 541 g/mol. The summed E-state index contributed by atoms with van der Waals surface area (Å²) >= 11 is 1.10. The summed E-state index contributed by atoms with van der Waals surface area (Å²) in [4.78, 5) is 31.5. The quantitative estimate of drug-likeness (QED) is 0.0772. The fourth-order valence-corrected chi connectivity index (χ4v) is 5.25. The molecule has 0 aliphatic rings. The minimum Gasteiger partial charge on any atom is -0.380 e. The van der Waals surface area contributed by atoms with Crippen molar-refractivity contribution in [2.24, 2.45) is 0 Å². The number of hydrogen-bond acceptors (Lipinski definition) is 7. The van der Waals surface area contributed by atoms with Crippen molar-refractivity contribution in [2.45, 2.75) is 109 Å². The number of hydrogen-bond donors (Lipinski definition) is 2. The van der Waals surface area contributed by atoms with Crippen LogP contribution in [0.2, 0.25) is 0 Å². The summed E-state index contributed by atoms with van der Waals surface area (Å²) in [7, 11) is 2.09. The van der Waals surface area contributed by atoms with Crippen LogP contribution in [0.4, 0.5) is 0 Å². The number of nitrogens with zero attached hydrogens (tertiary/aromatic N) is 1. The van der Waals surface area contributed by atoms with Crippen LogP contribution in [-0.2, 0) is 18.6 Å². The molecule has 0 aliphatic heterocycles. The van der Waals surface area contributed by atoms with E-state index >= 15 is 0 Å². The molecule has 9 heteroatoms.